The summed E-state index contributed by atoms with van der Waals surface area (Å²) in [7, 11) is -4.03. The fourth-order valence-electron chi connectivity index (χ4n) is 11.4. The number of hydrogen-bond donors (Lipinski definition) is 0. The first kappa shape index (κ1) is 50.9. The zero-order valence-electron chi connectivity index (χ0n) is 45.4. The molecule has 0 atom stereocenters. The summed E-state index contributed by atoms with van der Waals surface area (Å²) >= 11 is 0. The Morgan fingerprint density at radius 2 is 0.468 bits per heavy atom. The minimum atomic E-state index is -4.03. The van der Waals surface area contributed by atoms with Crippen LogP contribution in [0.15, 0.2) is 265 Å². The van der Waals surface area contributed by atoms with Gasteiger partial charge in [-0.05, 0) is 117 Å². The van der Waals surface area contributed by atoms with Gasteiger partial charge in [0, 0.05) is 66.9 Å². The molecule has 0 unspecified atom stereocenters. The van der Waals surface area contributed by atoms with Gasteiger partial charge in [0.2, 0.25) is 9.84 Å². The van der Waals surface area contributed by atoms with Gasteiger partial charge in [-0.25, -0.2) is 8.42 Å². The van der Waals surface area contributed by atoms with Gasteiger partial charge in [0.15, 0.2) is 0 Å². The monoisotopic (exact) mass is 1020 g/mol. The van der Waals surface area contributed by atoms with Crippen LogP contribution in [-0.2, 0) is 31.5 Å². The molecule has 1 aliphatic rings. The standard InChI is InChI=1S/C72H66N2O2S/c1-69(2,51-25-13-9-14-26-51)55-33-21-37-59(45-55)73(60-38-22-34-56(46-60)70(3,4)52-27-15-10-16-28-52)63-41-43-65-66-44-42-64(50-68(66)77(75,76)67(65)49-63)74(61-39-23-35-57(47-61)71(5,6)53-29-17-11-18-30-53)62-40-24-36-58(48-62)72(7,8)54-31-19-12-20-32-54/h9-50H,1-8H3. The van der Waals surface area contributed by atoms with Gasteiger partial charge in [-0.2, -0.15) is 0 Å². The van der Waals surface area contributed by atoms with Crippen molar-refractivity contribution in [2.24, 2.45) is 0 Å². The molecule has 1 heterocycles. The van der Waals surface area contributed by atoms with Gasteiger partial charge in [0.05, 0.1) is 9.79 Å². The first-order valence-corrected chi connectivity index (χ1v) is 28.2. The fraction of sp³-hybridized carbons (Fsp3) is 0.167. The lowest BCUT2D eigenvalue weighted by atomic mass is 9.77. The molecule has 0 radical (unpaired) electrons. The second-order valence-electron chi connectivity index (χ2n) is 22.7. The molecule has 11 rings (SSSR count). The van der Waals surface area contributed by atoms with Gasteiger partial charge < -0.3 is 9.80 Å². The summed E-state index contributed by atoms with van der Waals surface area (Å²) in [6, 6.07) is 89.1. The Morgan fingerprint density at radius 3 is 0.714 bits per heavy atom. The van der Waals surface area contributed by atoms with Crippen molar-refractivity contribution in [2.45, 2.75) is 86.8 Å². The molecule has 0 saturated carbocycles. The van der Waals surface area contributed by atoms with Crippen LogP contribution in [0.3, 0.4) is 0 Å². The van der Waals surface area contributed by atoms with E-state index in [1.165, 1.54) is 22.3 Å². The molecule has 0 aliphatic carbocycles. The zero-order chi connectivity index (χ0) is 53.7. The van der Waals surface area contributed by atoms with Crippen molar-refractivity contribution in [3.8, 4) is 11.1 Å². The SMILES string of the molecule is CC(C)(c1ccccc1)c1cccc(N(c2cccc(C(C)(C)c3ccccc3)c2)c2ccc3c(c2)S(=O)(=O)c2cc(N(c4cccc(C(C)(C)c5ccccc5)c4)c4cccc(C(C)(C)c5ccccc5)c4)ccc2-3)c1. The Hall–Kier alpha value is -8.25. The summed E-state index contributed by atoms with van der Waals surface area (Å²) in [6.07, 6.45) is 0. The van der Waals surface area contributed by atoms with E-state index in [-0.39, 0.29) is 21.7 Å². The van der Waals surface area contributed by atoms with Crippen LogP contribution in [0.25, 0.3) is 11.1 Å². The highest BCUT2D eigenvalue weighted by Crippen LogP contribution is 2.50. The van der Waals surface area contributed by atoms with Crippen molar-refractivity contribution >= 4 is 44.0 Å². The molecule has 1 aliphatic heterocycles. The van der Waals surface area contributed by atoms with Gasteiger partial charge in [-0.15, -0.1) is 0 Å². The van der Waals surface area contributed by atoms with Crippen LogP contribution in [0.2, 0.25) is 0 Å². The maximum atomic E-state index is 15.5. The molecule has 382 valence electrons. The molecule has 0 aromatic heterocycles. The summed E-state index contributed by atoms with van der Waals surface area (Å²) < 4.78 is 31.0. The Labute approximate surface area is 456 Å². The summed E-state index contributed by atoms with van der Waals surface area (Å²) in [4.78, 5) is 5.01. The molecule has 77 heavy (non-hydrogen) atoms. The largest absolute Gasteiger partial charge is 0.310 e. The van der Waals surface area contributed by atoms with Crippen LogP contribution in [-0.4, -0.2) is 8.42 Å². The molecular formula is C72H66N2O2S. The highest BCUT2D eigenvalue weighted by Gasteiger charge is 2.36. The molecule has 4 nitrogen and oxygen atoms in total. The summed E-state index contributed by atoms with van der Waals surface area (Å²) in [5.74, 6) is 0. The van der Waals surface area contributed by atoms with E-state index in [1.807, 2.05) is 24.3 Å². The van der Waals surface area contributed by atoms with Crippen LogP contribution in [0.4, 0.5) is 34.1 Å². The molecule has 0 spiro atoms. The van der Waals surface area contributed by atoms with Crippen molar-refractivity contribution in [3.63, 3.8) is 0 Å². The van der Waals surface area contributed by atoms with Gasteiger partial charge in [-0.1, -0.05) is 237 Å². The second kappa shape index (κ2) is 19.7. The third-order valence-electron chi connectivity index (χ3n) is 16.6. The lowest BCUT2D eigenvalue weighted by molar-refractivity contribution is 0.598. The van der Waals surface area contributed by atoms with Crippen LogP contribution in [0.1, 0.15) is 99.9 Å². The third-order valence-corrected chi connectivity index (χ3v) is 18.4. The number of nitrogens with zero attached hydrogens (tertiary/aromatic N) is 2. The first-order valence-electron chi connectivity index (χ1n) is 26.7. The maximum Gasteiger partial charge on any atom is 0.207 e. The molecule has 0 fully saturated rings. The zero-order valence-corrected chi connectivity index (χ0v) is 46.2. The van der Waals surface area contributed by atoms with E-state index in [2.05, 4.69) is 296 Å². The number of fused-ring (bicyclic) bond motifs is 3. The van der Waals surface area contributed by atoms with E-state index in [0.717, 1.165) is 56.4 Å². The van der Waals surface area contributed by atoms with E-state index >= 15 is 8.42 Å². The van der Waals surface area contributed by atoms with Crippen molar-refractivity contribution in [3.05, 3.63) is 299 Å². The average Bonchev–Trinajstić information content (AvgIpc) is 3.72. The van der Waals surface area contributed by atoms with Gasteiger partial charge >= 0.3 is 0 Å². The predicted octanol–water partition coefficient (Wildman–Crippen LogP) is 18.7. The number of benzene rings is 10. The maximum absolute atomic E-state index is 15.5. The molecule has 5 heteroatoms. The smallest absolute Gasteiger partial charge is 0.207 e. The van der Waals surface area contributed by atoms with E-state index in [4.69, 9.17) is 0 Å². The lowest BCUT2D eigenvalue weighted by Gasteiger charge is -2.32. The number of anilines is 6. The normalized spacial score (nSPS) is 13.1. The van der Waals surface area contributed by atoms with Crippen molar-refractivity contribution in [1.82, 2.24) is 0 Å². The molecule has 0 bridgehead atoms. The Balaban J connectivity index is 1.04. The molecule has 10 aromatic rings. The summed E-state index contributed by atoms with van der Waals surface area (Å²) in [5.41, 5.74) is 14.8. The molecule has 0 N–H and O–H groups in total. The van der Waals surface area contributed by atoms with Crippen molar-refractivity contribution in [2.75, 3.05) is 9.80 Å². The van der Waals surface area contributed by atoms with Crippen molar-refractivity contribution < 1.29 is 8.42 Å². The minimum absolute atomic E-state index is 0.290. The van der Waals surface area contributed by atoms with Gasteiger partial charge in [0.25, 0.3) is 0 Å². The second-order valence-corrected chi connectivity index (χ2v) is 24.6. The Morgan fingerprint density at radius 1 is 0.247 bits per heavy atom. The average molecular weight is 1020 g/mol. The third kappa shape index (κ3) is 9.27. The molecule has 0 amide bonds. The van der Waals surface area contributed by atoms with Crippen LogP contribution < -0.4 is 9.80 Å². The summed E-state index contributed by atoms with van der Waals surface area (Å²) in [6.45, 7) is 18.1. The summed E-state index contributed by atoms with van der Waals surface area (Å²) in [5, 5.41) is 0. The topological polar surface area (TPSA) is 40.6 Å². The van der Waals surface area contributed by atoms with E-state index in [0.29, 0.717) is 20.9 Å². The molecule has 0 saturated heterocycles. The van der Waals surface area contributed by atoms with Crippen LogP contribution in [0, 0.1) is 0 Å². The fourth-order valence-corrected chi connectivity index (χ4v) is 13.1. The number of rotatable bonds is 14. The van der Waals surface area contributed by atoms with Crippen LogP contribution in [0.5, 0.6) is 0 Å². The Bertz CT molecular complexity index is 3440. The lowest BCUT2D eigenvalue weighted by Crippen LogP contribution is -2.21. The highest BCUT2D eigenvalue weighted by molar-refractivity contribution is 7.92. The van der Waals surface area contributed by atoms with E-state index < -0.39 is 9.84 Å². The Kier molecular flexibility index (Phi) is 13.0. The number of hydrogen-bond acceptors (Lipinski definition) is 4. The first-order chi connectivity index (χ1) is 37.0. The minimum Gasteiger partial charge on any atom is -0.310 e. The molecule has 10 aromatic carbocycles. The quantitative estimate of drug-likeness (QED) is 0.109. The van der Waals surface area contributed by atoms with Crippen molar-refractivity contribution in [1.29, 1.82) is 0 Å². The van der Waals surface area contributed by atoms with Gasteiger partial charge in [0.1, 0.15) is 0 Å². The highest BCUT2D eigenvalue weighted by atomic mass is 32.2. The van der Waals surface area contributed by atoms with E-state index in [9.17, 15) is 0 Å². The number of sulfone groups is 1. The van der Waals surface area contributed by atoms with Gasteiger partial charge in [-0.3, -0.25) is 0 Å². The van der Waals surface area contributed by atoms with Crippen LogP contribution >= 0.6 is 0 Å². The predicted molar refractivity (Wildman–Crippen MR) is 321 cm³/mol. The molecular weight excluding hydrogens is 957 g/mol. The van der Waals surface area contributed by atoms with E-state index in [1.54, 1.807) is 0 Å².